The van der Waals surface area contributed by atoms with Crippen molar-refractivity contribution in [1.82, 2.24) is 4.98 Å². The SMILES string of the molecule is Cc1cc(-c2cccc3c2OCO3)c2cnccc2c1. The summed E-state index contributed by atoms with van der Waals surface area (Å²) in [5, 5.41) is 2.31. The summed E-state index contributed by atoms with van der Waals surface area (Å²) >= 11 is 0. The summed E-state index contributed by atoms with van der Waals surface area (Å²) < 4.78 is 11.1. The second-order valence-electron chi connectivity index (χ2n) is 4.95. The third-order valence-corrected chi connectivity index (χ3v) is 3.59. The molecule has 0 fully saturated rings. The minimum atomic E-state index is 0.286. The molecule has 1 aromatic heterocycles. The summed E-state index contributed by atoms with van der Waals surface area (Å²) in [5.41, 5.74) is 3.41. The van der Waals surface area contributed by atoms with E-state index in [0.29, 0.717) is 0 Å². The lowest BCUT2D eigenvalue weighted by Gasteiger charge is -2.10. The van der Waals surface area contributed by atoms with Crippen molar-refractivity contribution in [3.63, 3.8) is 0 Å². The number of benzene rings is 2. The first-order chi connectivity index (χ1) is 9.83. The van der Waals surface area contributed by atoms with Gasteiger partial charge < -0.3 is 9.47 Å². The fraction of sp³-hybridized carbons (Fsp3) is 0.118. The smallest absolute Gasteiger partial charge is 0.231 e. The van der Waals surface area contributed by atoms with Crippen LogP contribution in [-0.4, -0.2) is 11.8 Å². The van der Waals surface area contributed by atoms with Crippen LogP contribution in [0.1, 0.15) is 5.56 Å². The van der Waals surface area contributed by atoms with Gasteiger partial charge in [-0.25, -0.2) is 0 Å². The van der Waals surface area contributed by atoms with Crippen LogP contribution in [0, 0.1) is 6.92 Å². The van der Waals surface area contributed by atoms with E-state index in [4.69, 9.17) is 9.47 Å². The van der Waals surface area contributed by atoms with Crippen molar-refractivity contribution in [1.29, 1.82) is 0 Å². The van der Waals surface area contributed by atoms with Gasteiger partial charge in [0.05, 0.1) is 0 Å². The monoisotopic (exact) mass is 263 g/mol. The number of nitrogens with zero attached hydrogens (tertiary/aromatic N) is 1. The average molecular weight is 263 g/mol. The third kappa shape index (κ3) is 1.63. The van der Waals surface area contributed by atoms with Gasteiger partial charge >= 0.3 is 0 Å². The zero-order chi connectivity index (χ0) is 13.5. The number of para-hydroxylation sites is 1. The van der Waals surface area contributed by atoms with Crippen molar-refractivity contribution >= 4 is 10.8 Å². The van der Waals surface area contributed by atoms with Crippen molar-refractivity contribution in [2.75, 3.05) is 6.79 Å². The maximum atomic E-state index is 5.63. The largest absolute Gasteiger partial charge is 0.454 e. The predicted octanol–water partition coefficient (Wildman–Crippen LogP) is 3.94. The van der Waals surface area contributed by atoms with Crippen LogP contribution >= 0.6 is 0 Å². The van der Waals surface area contributed by atoms with Gasteiger partial charge in [0.2, 0.25) is 6.79 Å². The van der Waals surface area contributed by atoms with Gasteiger partial charge in [0.15, 0.2) is 11.5 Å². The number of hydrogen-bond acceptors (Lipinski definition) is 3. The molecule has 1 aliphatic heterocycles. The highest BCUT2D eigenvalue weighted by atomic mass is 16.7. The van der Waals surface area contributed by atoms with Crippen molar-refractivity contribution in [2.24, 2.45) is 0 Å². The first-order valence-corrected chi connectivity index (χ1v) is 6.56. The van der Waals surface area contributed by atoms with Crippen LogP contribution < -0.4 is 9.47 Å². The van der Waals surface area contributed by atoms with Gasteiger partial charge in [-0.2, -0.15) is 0 Å². The highest BCUT2D eigenvalue weighted by Gasteiger charge is 2.19. The fourth-order valence-electron chi connectivity index (χ4n) is 2.71. The number of rotatable bonds is 1. The Balaban J connectivity index is 2.06. The number of aryl methyl sites for hydroxylation is 1. The van der Waals surface area contributed by atoms with E-state index < -0.39 is 0 Å². The van der Waals surface area contributed by atoms with E-state index in [1.807, 2.05) is 30.6 Å². The Morgan fingerprint density at radius 2 is 2.00 bits per heavy atom. The molecule has 2 aromatic carbocycles. The average Bonchev–Trinajstić information content (AvgIpc) is 2.94. The van der Waals surface area contributed by atoms with Gasteiger partial charge in [-0.15, -0.1) is 0 Å². The molecule has 98 valence electrons. The summed E-state index contributed by atoms with van der Waals surface area (Å²) in [5.74, 6) is 1.63. The molecule has 1 aliphatic rings. The summed E-state index contributed by atoms with van der Waals surface area (Å²) in [6, 6.07) is 12.4. The second kappa shape index (κ2) is 4.23. The molecule has 0 N–H and O–H groups in total. The molecule has 3 aromatic rings. The molecule has 0 amide bonds. The normalized spacial score (nSPS) is 12.8. The van der Waals surface area contributed by atoms with E-state index in [1.165, 1.54) is 10.9 Å². The van der Waals surface area contributed by atoms with Crippen molar-refractivity contribution in [2.45, 2.75) is 6.92 Å². The first-order valence-electron chi connectivity index (χ1n) is 6.56. The zero-order valence-electron chi connectivity index (χ0n) is 11.1. The highest BCUT2D eigenvalue weighted by molar-refractivity contribution is 5.98. The zero-order valence-corrected chi connectivity index (χ0v) is 11.1. The van der Waals surface area contributed by atoms with Crippen molar-refractivity contribution < 1.29 is 9.47 Å². The summed E-state index contributed by atoms with van der Waals surface area (Å²) in [4.78, 5) is 4.25. The Kier molecular flexibility index (Phi) is 2.39. The summed E-state index contributed by atoms with van der Waals surface area (Å²) in [6.07, 6.45) is 3.72. The number of pyridine rings is 1. The Morgan fingerprint density at radius 1 is 1.05 bits per heavy atom. The lowest BCUT2D eigenvalue weighted by Crippen LogP contribution is -1.94. The third-order valence-electron chi connectivity index (χ3n) is 3.59. The molecule has 4 rings (SSSR count). The van der Waals surface area contributed by atoms with Crippen LogP contribution in [0.2, 0.25) is 0 Å². The standard InChI is InChI=1S/C17H13NO2/c1-11-7-12-5-6-18-9-15(12)14(8-11)13-3-2-4-16-17(13)20-10-19-16/h2-9H,10H2,1H3. The van der Waals surface area contributed by atoms with E-state index in [9.17, 15) is 0 Å². The quantitative estimate of drug-likeness (QED) is 0.666. The van der Waals surface area contributed by atoms with E-state index in [-0.39, 0.29) is 6.79 Å². The van der Waals surface area contributed by atoms with Gasteiger partial charge in [-0.3, -0.25) is 4.98 Å². The lowest BCUT2D eigenvalue weighted by molar-refractivity contribution is 0.174. The minimum absolute atomic E-state index is 0.286. The Morgan fingerprint density at radius 3 is 2.95 bits per heavy atom. The van der Waals surface area contributed by atoms with Crippen LogP contribution in [0.25, 0.3) is 21.9 Å². The molecular weight excluding hydrogens is 250 g/mol. The molecule has 3 nitrogen and oxygen atoms in total. The molecule has 0 spiro atoms. The predicted molar refractivity (Wildman–Crippen MR) is 78.0 cm³/mol. The van der Waals surface area contributed by atoms with Crippen LogP contribution in [-0.2, 0) is 0 Å². The van der Waals surface area contributed by atoms with E-state index in [0.717, 1.165) is 28.0 Å². The second-order valence-corrected chi connectivity index (χ2v) is 4.95. The fourth-order valence-corrected chi connectivity index (χ4v) is 2.71. The molecule has 0 aliphatic carbocycles. The molecule has 2 heterocycles. The molecule has 0 saturated carbocycles. The number of ether oxygens (including phenoxy) is 2. The minimum Gasteiger partial charge on any atom is -0.454 e. The van der Waals surface area contributed by atoms with Crippen LogP contribution in [0.3, 0.4) is 0 Å². The first kappa shape index (κ1) is 11.3. The van der Waals surface area contributed by atoms with Crippen LogP contribution in [0.4, 0.5) is 0 Å². The van der Waals surface area contributed by atoms with E-state index >= 15 is 0 Å². The van der Waals surface area contributed by atoms with Crippen LogP contribution in [0.15, 0.2) is 48.8 Å². The van der Waals surface area contributed by atoms with Gasteiger partial charge in [-0.05, 0) is 35.6 Å². The maximum absolute atomic E-state index is 5.63. The molecule has 20 heavy (non-hydrogen) atoms. The molecule has 0 radical (unpaired) electrons. The van der Waals surface area contributed by atoms with Gasteiger partial charge in [0.1, 0.15) is 0 Å². The molecule has 0 unspecified atom stereocenters. The molecular formula is C17H13NO2. The van der Waals surface area contributed by atoms with E-state index in [2.05, 4.69) is 30.1 Å². The van der Waals surface area contributed by atoms with Gasteiger partial charge in [0, 0.05) is 23.3 Å². The van der Waals surface area contributed by atoms with E-state index in [1.54, 1.807) is 0 Å². The highest BCUT2D eigenvalue weighted by Crippen LogP contribution is 2.43. The summed E-state index contributed by atoms with van der Waals surface area (Å²) in [7, 11) is 0. The lowest BCUT2D eigenvalue weighted by atomic mass is 9.96. The molecule has 0 bridgehead atoms. The van der Waals surface area contributed by atoms with Crippen molar-refractivity contribution in [3.8, 4) is 22.6 Å². The Hall–Kier alpha value is -2.55. The number of fused-ring (bicyclic) bond motifs is 2. The Bertz CT molecular complexity index is 811. The maximum Gasteiger partial charge on any atom is 0.231 e. The summed E-state index contributed by atoms with van der Waals surface area (Å²) in [6.45, 7) is 2.39. The topological polar surface area (TPSA) is 31.4 Å². The van der Waals surface area contributed by atoms with Gasteiger partial charge in [-0.1, -0.05) is 24.3 Å². The Labute approximate surface area is 116 Å². The van der Waals surface area contributed by atoms with Crippen LogP contribution in [0.5, 0.6) is 11.5 Å². The van der Waals surface area contributed by atoms with Crippen molar-refractivity contribution in [3.05, 3.63) is 54.4 Å². The number of aromatic nitrogens is 1. The molecule has 0 saturated heterocycles. The number of hydrogen-bond donors (Lipinski definition) is 0. The molecule has 0 atom stereocenters. The van der Waals surface area contributed by atoms with Gasteiger partial charge in [0.25, 0.3) is 0 Å². The molecule has 3 heteroatoms.